The highest BCUT2D eigenvalue weighted by molar-refractivity contribution is 7.90. The predicted molar refractivity (Wildman–Crippen MR) is 115 cm³/mol. The number of hydrogen-bond donors (Lipinski definition) is 2. The van der Waals surface area contributed by atoms with Crippen molar-refractivity contribution >= 4 is 39.7 Å². The molecule has 0 radical (unpaired) electrons. The van der Waals surface area contributed by atoms with E-state index < -0.39 is 16.1 Å². The van der Waals surface area contributed by atoms with Crippen molar-refractivity contribution in [3.8, 4) is 17.0 Å². The SMILES string of the molecule is C=Cc1ccc(Cl)c(S(=O)(=O)NC(=O)Nc2nccc(-c3ccc(OC)cc3)n2)c1. The number of halogens is 1. The van der Waals surface area contributed by atoms with Crippen LogP contribution in [0.4, 0.5) is 10.7 Å². The van der Waals surface area contributed by atoms with Gasteiger partial charge in [0.15, 0.2) is 0 Å². The zero-order valence-electron chi connectivity index (χ0n) is 15.8. The van der Waals surface area contributed by atoms with Crippen LogP contribution >= 0.6 is 11.6 Å². The Hall–Kier alpha value is -3.43. The maximum Gasteiger partial charge on any atom is 0.335 e. The van der Waals surface area contributed by atoms with Crippen LogP contribution in [0.15, 0.2) is 66.2 Å². The third-order valence-corrected chi connectivity index (χ3v) is 5.79. The van der Waals surface area contributed by atoms with Gasteiger partial charge in [0.1, 0.15) is 10.6 Å². The molecule has 2 N–H and O–H groups in total. The smallest absolute Gasteiger partial charge is 0.335 e. The van der Waals surface area contributed by atoms with Gasteiger partial charge in [-0.1, -0.05) is 30.3 Å². The first kappa shape index (κ1) is 21.3. The van der Waals surface area contributed by atoms with Crippen LogP contribution in [-0.4, -0.2) is 31.5 Å². The molecule has 3 aromatic rings. The van der Waals surface area contributed by atoms with Gasteiger partial charge in [0, 0.05) is 11.8 Å². The van der Waals surface area contributed by atoms with E-state index in [9.17, 15) is 13.2 Å². The van der Waals surface area contributed by atoms with Gasteiger partial charge in [0.2, 0.25) is 5.95 Å². The Morgan fingerprint density at radius 1 is 1.17 bits per heavy atom. The standard InChI is InChI=1S/C20H17ClN4O4S/c1-3-13-4-9-16(21)18(12-13)30(27,28)25-20(26)24-19-22-11-10-17(23-19)14-5-7-15(29-2)8-6-14/h3-12H,1H2,2H3,(H2,22,23,24,25,26). The number of nitrogens with zero attached hydrogens (tertiary/aromatic N) is 2. The molecule has 0 aliphatic heterocycles. The maximum absolute atomic E-state index is 12.5. The molecule has 2 amide bonds. The van der Waals surface area contributed by atoms with Crippen LogP contribution in [0, 0.1) is 0 Å². The van der Waals surface area contributed by atoms with Crippen LogP contribution < -0.4 is 14.8 Å². The number of sulfonamides is 1. The normalized spacial score (nSPS) is 10.9. The van der Waals surface area contributed by atoms with Gasteiger partial charge in [-0.05, 0) is 48.0 Å². The Labute approximate surface area is 178 Å². The molecule has 0 saturated heterocycles. The first-order valence-corrected chi connectivity index (χ1v) is 10.4. The number of carbonyl (C=O) groups is 1. The lowest BCUT2D eigenvalue weighted by molar-refractivity contribution is 0.256. The number of hydrogen-bond acceptors (Lipinski definition) is 6. The highest BCUT2D eigenvalue weighted by Gasteiger charge is 2.21. The van der Waals surface area contributed by atoms with Crippen LogP contribution in [0.3, 0.4) is 0 Å². The highest BCUT2D eigenvalue weighted by atomic mass is 35.5. The molecule has 154 valence electrons. The fraction of sp³-hybridized carbons (Fsp3) is 0.0500. The summed E-state index contributed by atoms with van der Waals surface area (Å²) in [4.78, 5) is 20.2. The molecule has 0 atom stereocenters. The third kappa shape index (κ3) is 4.94. The van der Waals surface area contributed by atoms with Gasteiger partial charge in [0.25, 0.3) is 10.0 Å². The molecular formula is C20H17ClN4O4S. The summed E-state index contributed by atoms with van der Waals surface area (Å²) < 4.78 is 32.1. The van der Waals surface area contributed by atoms with Crippen LogP contribution in [0.1, 0.15) is 5.56 Å². The lowest BCUT2D eigenvalue weighted by atomic mass is 10.1. The van der Waals surface area contributed by atoms with Crippen LogP contribution in [0.25, 0.3) is 17.3 Å². The van der Waals surface area contributed by atoms with E-state index in [1.807, 2.05) is 4.72 Å². The molecule has 0 aliphatic rings. The first-order chi connectivity index (χ1) is 14.3. The minimum absolute atomic E-state index is 0.0290. The van der Waals surface area contributed by atoms with E-state index in [1.54, 1.807) is 43.5 Å². The lowest BCUT2D eigenvalue weighted by Gasteiger charge is -2.10. The molecule has 1 heterocycles. The third-order valence-electron chi connectivity index (χ3n) is 3.97. The molecule has 0 aliphatic carbocycles. The van der Waals surface area contributed by atoms with Crippen molar-refractivity contribution in [1.29, 1.82) is 0 Å². The van der Waals surface area contributed by atoms with E-state index in [0.717, 1.165) is 5.56 Å². The molecule has 2 aromatic carbocycles. The zero-order valence-corrected chi connectivity index (χ0v) is 17.4. The summed E-state index contributed by atoms with van der Waals surface area (Å²) in [5, 5.41) is 2.28. The molecule has 30 heavy (non-hydrogen) atoms. The zero-order chi connectivity index (χ0) is 21.7. The fourth-order valence-corrected chi connectivity index (χ4v) is 3.94. The van der Waals surface area contributed by atoms with Crippen molar-refractivity contribution in [2.45, 2.75) is 4.90 Å². The molecular weight excluding hydrogens is 428 g/mol. The average molecular weight is 445 g/mol. The summed E-state index contributed by atoms with van der Waals surface area (Å²) in [5.41, 5.74) is 1.84. The van der Waals surface area contributed by atoms with E-state index in [1.165, 1.54) is 24.4 Å². The number of urea groups is 1. The number of ether oxygens (including phenoxy) is 1. The summed E-state index contributed by atoms with van der Waals surface area (Å²) >= 11 is 5.97. The monoisotopic (exact) mass is 444 g/mol. The van der Waals surface area contributed by atoms with Crippen molar-refractivity contribution in [1.82, 2.24) is 14.7 Å². The summed E-state index contributed by atoms with van der Waals surface area (Å²) in [6.45, 7) is 3.58. The molecule has 0 fully saturated rings. The number of methoxy groups -OCH3 is 1. The Morgan fingerprint density at radius 3 is 2.57 bits per heavy atom. The number of amides is 2. The number of carbonyl (C=O) groups excluding carboxylic acids is 1. The van der Waals surface area contributed by atoms with Gasteiger partial charge in [-0.2, -0.15) is 0 Å². The van der Waals surface area contributed by atoms with Gasteiger partial charge < -0.3 is 4.74 Å². The number of benzene rings is 2. The minimum atomic E-state index is -4.22. The Bertz CT molecular complexity index is 1200. The number of anilines is 1. The number of aromatic nitrogens is 2. The Balaban J connectivity index is 1.77. The summed E-state index contributed by atoms with van der Waals surface area (Å²) in [6.07, 6.45) is 2.91. The van der Waals surface area contributed by atoms with E-state index >= 15 is 0 Å². The molecule has 3 rings (SSSR count). The molecule has 10 heteroatoms. The average Bonchev–Trinajstić information content (AvgIpc) is 2.73. The van der Waals surface area contributed by atoms with Crippen LogP contribution in [0.5, 0.6) is 5.75 Å². The molecule has 0 unspecified atom stereocenters. The van der Waals surface area contributed by atoms with Crippen LogP contribution in [0.2, 0.25) is 5.02 Å². The van der Waals surface area contributed by atoms with Gasteiger partial charge in [-0.15, -0.1) is 0 Å². The number of rotatable bonds is 6. The second-order valence-corrected chi connectivity index (χ2v) is 8.01. The van der Waals surface area contributed by atoms with E-state index in [0.29, 0.717) is 17.0 Å². The Kier molecular flexibility index (Phi) is 6.34. The van der Waals surface area contributed by atoms with Gasteiger partial charge in [-0.3, -0.25) is 5.32 Å². The topological polar surface area (TPSA) is 110 Å². The van der Waals surface area contributed by atoms with Gasteiger partial charge in [0.05, 0.1) is 17.8 Å². The van der Waals surface area contributed by atoms with Gasteiger partial charge in [-0.25, -0.2) is 27.9 Å². The van der Waals surface area contributed by atoms with Crippen molar-refractivity contribution in [2.24, 2.45) is 0 Å². The van der Waals surface area contributed by atoms with Crippen molar-refractivity contribution in [2.75, 3.05) is 12.4 Å². The van der Waals surface area contributed by atoms with Crippen molar-refractivity contribution < 1.29 is 17.9 Å². The van der Waals surface area contributed by atoms with Gasteiger partial charge >= 0.3 is 6.03 Å². The lowest BCUT2D eigenvalue weighted by Crippen LogP contribution is -2.35. The molecule has 1 aromatic heterocycles. The van der Waals surface area contributed by atoms with Crippen LogP contribution in [-0.2, 0) is 10.0 Å². The fourth-order valence-electron chi connectivity index (χ4n) is 2.50. The summed E-state index contributed by atoms with van der Waals surface area (Å²) in [5.74, 6) is 0.622. The largest absolute Gasteiger partial charge is 0.497 e. The van der Waals surface area contributed by atoms with Crippen molar-refractivity contribution in [3.05, 3.63) is 71.9 Å². The Morgan fingerprint density at radius 2 is 1.90 bits per heavy atom. The molecule has 8 nitrogen and oxygen atoms in total. The van der Waals surface area contributed by atoms with E-state index in [-0.39, 0.29) is 15.9 Å². The highest BCUT2D eigenvalue weighted by Crippen LogP contribution is 2.23. The summed E-state index contributed by atoms with van der Waals surface area (Å²) in [6, 6.07) is 12.1. The van der Waals surface area contributed by atoms with Crippen molar-refractivity contribution in [3.63, 3.8) is 0 Å². The van der Waals surface area contributed by atoms with E-state index in [4.69, 9.17) is 16.3 Å². The quantitative estimate of drug-likeness (QED) is 0.595. The predicted octanol–water partition coefficient (Wildman–Crippen LogP) is 3.96. The molecule has 0 saturated carbocycles. The number of nitrogens with one attached hydrogen (secondary N) is 2. The summed E-state index contributed by atoms with van der Waals surface area (Å²) in [7, 11) is -2.66. The maximum atomic E-state index is 12.5. The molecule has 0 spiro atoms. The second kappa shape index (κ2) is 8.93. The molecule has 0 bridgehead atoms. The minimum Gasteiger partial charge on any atom is -0.497 e. The van der Waals surface area contributed by atoms with E-state index in [2.05, 4.69) is 21.9 Å². The first-order valence-electron chi connectivity index (χ1n) is 8.55. The second-order valence-electron chi connectivity index (χ2n) is 5.95.